The lowest BCUT2D eigenvalue weighted by Crippen LogP contribution is -2.19. The third kappa shape index (κ3) is 2.64. The highest BCUT2D eigenvalue weighted by molar-refractivity contribution is 6.31. The zero-order valence-electron chi connectivity index (χ0n) is 12.4. The van der Waals surface area contributed by atoms with Gasteiger partial charge in [-0.15, -0.1) is 0 Å². The van der Waals surface area contributed by atoms with Gasteiger partial charge in [-0.2, -0.15) is 5.10 Å². The monoisotopic (exact) mass is 343 g/mol. The smallest absolute Gasteiger partial charge is 0.137 e. The van der Waals surface area contributed by atoms with Gasteiger partial charge in [0.25, 0.3) is 0 Å². The van der Waals surface area contributed by atoms with E-state index in [9.17, 15) is 0 Å². The van der Waals surface area contributed by atoms with Gasteiger partial charge in [0.15, 0.2) is 0 Å². The minimum Gasteiger partial charge on any atom is -0.252 e. The van der Waals surface area contributed by atoms with E-state index in [0.717, 1.165) is 23.0 Å². The number of hydrogen-bond acceptors (Lipinski definition) is 2. The van der Waals surface area contributed by atoms with E-state index in [0.29, 0.717) is 5.92 Å². The minimum atomic E-state index is -0.0106. The SMILES string of the molecule is Clc1ccc(C2(Cn3cncn3)CC2c2ccccc2Cl)cc1. The first-order chi connectivity index (χ1) is 11.2. The number of nitrogens with zero attached hydrogens (tertiary/aromatic N) is 3. The molecule has 2 atom stereocenters. The molecule has 116 valence electrons. The summed E-state index contributed by atoms with van der Waals surface area (Å²) in [5, 5.41) is 5.86. The Labute approximate surface area is 144 Å². The molecule has 1 aliphatic rings. The van der Waals surface area contributed by atoms with Crippen molar-refractivity contribution in [2.24, 2.45) is 0 Å². The summed E-state index contributed by atoms with van der Waals surface area (Å²) < 4.78 is 1.89. The molecule has 1 aromatic heterocycles. The van der Waals surface area contributed by atoms with Crippen LogP contribution in [0.2, 0.25) is 10.0 Å². The highest BCUT2D eigenvalue weighted by atomic mass is 35.5. The normalized spacial score (nSPS) is 23.0. The van der Waals surface area contributed by atoms with E-state index in [2.05, 4.69) is 28.3 Å². The van der Waals surface area contributed by atoms with Crippen LogP contribution in [-0.4, -0.2) is 14.8 Å². The van der Waals surface area contributed by atoms with Crippen LogP contribution in [0.1, 0.15) is 23.5 Å². The average Bonchev–Trinajstić information content (AvgIpc) is 3.02. The molecule has 0 N–H and O–H groups in total. The summed E-state index contributed by atoms with van der Waals surface area (Å²) in [5.74, 6) is 0.376. The van der Waals surface area contributed by atoms with Crippen molar-refractivity contribution in [3.05, 3.63) is 82.4 Å². The number of hydrogen-bond donors (Lipinski definition) is 0. The van der Waals surface area contributed by atoms with Crippen LogP contribution >= 0.6 is 23.2 Å². The molecule has 1 heterocycles. The first kappa shape index (κ1) is 14.7. The quantitative estimate of drug-likeness (QED) is 0.686. The van der Waals surface area contributed by atoms with Gasteiger partial charge in [0.2, 0.25) is 0 Å². The van der Waals surface area contributed by atoms with Gasteiger partial charge in [0.1, 0.15) is 12.7 Å². The molecule has 0 radical (unpaired) electrons. The third-order valence-electron chi connectivity index (χ3n) is 4.69. The summed E-state index contributed by atoms with van der Waals surface area (Å²) in [5.41, 5.74) is 2.45. The van der Waals surface area contributed by atoms with Crippen LogP contribution in [0.4, 0.5) is 0 Å². The van der Waals surface area contributed by atoms with Crippen LogP contribution in [0.25, 0.3) is 0 Å². The molecule has 2 unspecified atom stereocenters. The Morgan fingerprint density at radius 2 is 1.87 bits per heavy atom. The molecule has 0 aliphatic heterocycles. The van der Waals surface area contributed by atoms with Crippen LogP contribution in [0, 0.1) is 0 Å². The zero-order valence-corrected chi connectivity index (χ0v) is 13.9. The van der Waals surface area contributed by atoms with Crippen molar-refractivity contribution >= 4 is 23.2 Å². The van der Waals surface area contributed by atoms with Gasteiger partial charge in [-0.1, -0.05) is 53.5 Å². The maximum absolute atomic E-state index is 6.43. The summed E-state index contributed by atoms with van der Waals surface area (Å²) in [7, 11) is 0. The summed E-state index contributed by atoms with van der Waals surface area (Å²) >= 11 is 12.5. The standard InChI is InChI=1S/C18H15Cl2N3/c19-14-7-5-13(6-8-14)18(10-23-12-21-11-22-23)9-16(18)15-3-1-2-4-17(15)20/h1-8,11-12,16H,9-10H2. The number of aromatic nitrogens is 3. The van der Waals surface area contributed by atoms with Crippen LogP contribution in [0.15, 0.2) is 61.2 Å². The second-order valence-electron chi connectivity index (χ2n) is 6.03. The van der Waals surface area contributed by atoms with Crippen molar-refractivity contribution in [3.8, 4) is 0 Å². The lowest BCUT2D eigenvalue weighted by molar-refractivity contribution is 0.490. The van der Waals surface area contributed by atoms with E-state index in [-0.39, 0.29) is 5.41 Å². The topological polar surface area (TPSA) is 30.7 Å². The van der Waals surface area contributed by atoms with E-state index in [1.165, 1.54) is 11.1 Å². The predicted octanol–water partition coefficient (Wildman–Crippen LogP) is 4.71. The molecule has 5 heteroatoms. The van der Waals surface area contributed by atoms with E-state index >= 15 is 0 Å². The highest BCUT2D eigenvalue weighted by Gasteiger charge is 2.56. The third-order valence-corrected chi connectivity index (χ3v) is 5.28. The van der Waals surface area contributed by atoms with E-state index < -0.39 is 0 Å². The predicted molar refractivity (Wildman–Crippen MR) is 92.0 cm³/mol. The first-order valence-corrected chi connectivity index (χ1v) is 8.27. The largest absolute Gasteiger partial charge is 0.252 e. The van der Waals surface area contributed by atoms with Gasteiger partial charge in [-0.05, 0) is 41.7 Å². The van der Waals surface area contributed by atoms with Crippen LogP contribution < -0.4 is 0 Å². The van der Waals surface area contributed by atoms with Gasteiger partial charge in [0, 0.05) is 15.5 Å². The fourth-order valence-corrected chi connectivity index (χ4v) is 3.83. The van der Waals surface area contributed by atoms with E-state index in [1.54, 1.807) is 12.7 Å². The molecule has 2 aromatic carbocycles. The molecule has 0 saturated heterocycles. The van der Waals surface area contributed by atoms with E-state index in [4.69, 9.17) is 23.2 Å². The summed E-state index contributed by atoms with van der Waals surface area (Å²) in [6.07, 6.45) is 4.38. The van der Waals surface area contributed by atoms with Crippen LogP contribution in [0.3, 0.4) is 0 Å². The number of benzene rings is 2. The Bertz CT molecular complexity index is 815. The van der Waals surface area contributed by atoms with Gasteiger partial charge >= 0.3 is 0 Å². The van der Waals surface area contributed by atoms with Crippen molar-refractivity contribution < 1.29 is 0 Å². The van der Waals surface area contributed by atoms with Gasteiger partial charge in [-0.25, -0.2) is 4.98 Å². The minimum absolute atomic E-state index is 0.0106. The summed E-state index contributed by atoms with van der Waals surface area (Å²) in [6.45, 7) is 0.782. The molecule has 1 aliphatic carbocycles. The molecule has 1 saturated carbocycles. The second kappa shape index (κ2) is 5.66. The molecule has 4 rings (SSSR count). The molecule has 0 spiro atoms. The number of rotatable bonds is 4. The lowest BCUT2D eigenvalue weighted by Gasteiger charge is -2.19. The van der Waals surface area contributed by atoms with Crippen molar-refractivity contribution in [3.63, 3.8) is 0 Å². The molecule has 1 fully saturated rings. The Balaban J connectivity index is 1.74. The average molecular weight is 344 g/mol. The van der Waals surface area contributed by atoms with E-state index in [1.807, 2.05) is 35.0 Å². The molecule has 3 nitrogen and oxygen atoms in total. The molecular weight excluding hydrogens is 329 g/mol. The molecule has 23 heavy (non-hydrogen) atoms. The van der Waals surface area contributed by atoms with Crippen molar-refractivity contribution in [1.82, 2.24) is 14.8 Å². The van der Waals surface area contributed by atoms with Gasteiger partial charge < -0.3 is 0 Å². The Morgan fingerprint density at radius 3 is 2.57 bits per heavy atom. The van der Waals surface area contributed by atoms with Crippen LogP contribution in [-0.2, 0) is 12.0 Å². The first-order valence-electron chi connectivity index (χ1n) is 7.52. The molecular formula is C18H15Cl2N3. The molecule has 0 amide bonds. The highest BCUT2D eigenvalue weighted by Crippen LogP contribution is 2.62. The Kier molecular flexibility index (Phi) is 3.63. The molecule has 3 aromatic rings. The summed E-state index contributed by atoms with van der Waals surface area (Å²) in [4.78, 5) is 4.06. The van der Waals surface area contributed by atoms with Crippen molar-refractivity contribution in [2.75, 3.05) is 0 Å². The maximum Gasteiger partial charge on any atom is 0.137 e. The Hall–Kier alpha value is -1.84. The fourth-order valence-electron chi connectivity index (χ4n) is 3.44. The number of halogens is 2. The van der Waals surface area contributed by atoms with Crippen molar-refractivity contribution in [2.45, 2.75) is 24.3 Å². The van der Waals surface area contributed by atoms with Crippen molar-refractivity contribution in [1.29, 1.82) is 0 Å². The fraction of sp³-hybridized carbons (Fsp3) is 0.222. The van der Waals surface area contributed by atoms with Crippen LogP contribution in [0.5, 0.6) is 0 Å². The molecule has 0 bridgehead atoms. The lowest BCUT2D eigenvalue weighted by atomic mass is 9.90. The second-order valence-corrected chi connectivity index (χ2v) is 6.88. The Morgan fingerprint density at radius 1 is 1.09 bits per heavy atom. The maximum atomic E-state index is 6.43. The van der Waals surface area contributed by atoms with Gasteiger partial charge in [0.05, 0.1) is 6.54 Å². The zero-order chi connectivity index (χ0) is 15.9. The summed E-state index contributed by atoms with van der Waals surface area (Å²) in [6, 6.07) is 16.2. The van der Waals surface area contributed by atoms with Gasteiger partial charge in [-0.3, -0.25) is 4.68 Å².